The van der Waals surface area contributed by atoms with Gasteiger partial charge in [-0.2, -0.15) is 5.06 Å². The number of hydroxylamine groups is 2. The van der Waals surface area contributed by atoms with Gasteiger partial charge in [0.15, 0.2) is 6.23 Å². The lowest BCUT2D eigenvalue weighted by Gasteiger charge is -2.23. The van der Waals surface area contributed by atoms with Crippen molar-refractivity contribution in [2.24, 2.45) is 0 Å². The number of hydrogen-bond acceptors (Lipinski definition) is 8. The molecule has 0 radical (unpaired) electrons. The van der Waals surface area contributed by atoms with Crippen LogP contribution in [0.4, 0.5) is 0 Å². The van der Waals surface area contributed by atoms with Crippen LogP contribution in [0.1, 0.15) is 25.6 Å². The molecule has 0 aliphatic carbocycles. The molecule has 1 aromatic rings. The van der Waals surface area contributed by atoms with Crippen molar-refractivity contribution in [1.29, 1.82) is 0 Å². The van der Waals surface area contributed by atoms with Crippen LogP contribution in [0.25, 0.3) is 0 Å². The molecule has 1 unspecified atom stereocenters. The van der Waals surface area contributed by atoms with E-state index >= 15 is 0 Å². The van der Waals surface area contributed by atoms with Gasteiger partial charge < -0.3 is 19.7 Å². The van der Waals surface area contributed by atoms with Gasteiger partial charge in [-0.15, -0.1) is 0 Å². The number of aliphatic hydroxyl groups excluding tert-OH is 2. The zero-order chi connectivity index (χ0) is 19.3. The summed E-state index contributed by atoms with van der Waals surface area (Å²) in [5, 5.41) is 21.5. The Kier molecular flexibility index (Phi) is 7.50. The molecule has 1 aromatic heterocycles. The van der Waals surface area contributed by atoms with Crippen LogP contribution in [0.3, 0.4) is 0 Å². The molecule has 1 aliphatic rings. The quantitative estimate of drug-likeness (QED) is 0.362. The summed E-state index contributed by atoms with van der Waals surface area (Å²) >= 11 is 0. The number of aryl methyl sites for hydroxylation is 1. The molecule has 1 aliphatic heterocycles. The van der Waals surface area contributed by atoms with Gasteiger partial charge in [0.25, 0.3) is 5.56 Å². The van der Waals surface area contributed by atoms with Crippen molar-refractivity contribution in [3.05, 3.63) is 32.6 Å². The smallest absolute Gasteiger partial charge is 0.330 e. The van der Waals surface area contributed by atoms with Crippen LogP contribution in [0.15, 0.2) is 15.8 Å². The number of nitrogens with one attached hydrogen (secondary N) is 1. The molecule has 1 fully saturated rings. The average molecular weight is 373 g/mol. The second-order valence-corrected chi connectivity index (χ2v) is 6.00. The number of aromatic amines is 1. The predicted molar refractivity (Wildman–Crippen MR) is 91.7 cm³/mol. The lowest BCUT2D eigenvalue weighted by Crippen LogP contribution is -2.40. The predicted octanol–water partition coefficient (Wildman–Crippen LogP) is -1.25. The summed E-state index contributed by atoms with van der Waals surface area (Å²) in [4.78, 5) is 31.4. The Bertz CT molecular complexity index is 685. The van der Waals surface area contributed by atoms with Crippen molar-refractivity contribution >= 4 is 0 Å². The normalized spacial score (nSPS) is 25.9. The molecule has 3 N–H and O–H groups in total. The second-order valence-electron chi connectivity index (χ2n) is 6.00. The number of hydrogen-bond donors (Lipinski definition) is 3. The monoisotopic (exact) mass is 373 g/mol. The molecule has 0 bridgehead atoms. The molecule has 10 nitrogen and oxygen atoms in total. The first kappa shape index (κ1) is 20.7. The highest BCUT2D eigenvalue weighted by molar-refractivity contribution is 5.03. The summed E-state index contributed by atoms with van der Waals surface area (Å²) in [6.45, 7) is 6.94. The van der Waals surface area contributed by atoms with Gasteiger partial charge >= 0.3 is 5.69 Å². The standard InChI is InChI=1S/C16H27N3O7/c1-4-18(5-2)25-7-6-24-13-12(21)11(9-20)26-15(13)19-8-10(3)14(22)17-16(19)23/h8,11-13,15,20-21H,4-7,9H2,1-3H3,(H,17,22,23)/t11-,12-,13-,15?/m1/s1. The highest BCUT2D eigenvalue weighted by Gasteiger charge is 2.45. The summed E-state index contributed by atoms with van der Waals surface area (Å²) in [6, 6.07) is 0. The van der Waals surface area contributed by atoms with Crippen molar-refractivity contribution in [1.82, 2.24) is 14.6 Å². The number of rotatable bonds is 9. The average Bonchev–Trinajstić information content (AvgIpc) is 2.94. The highest BCUT2D eigenvalue weighted by Crippen LogP contribution is 2.30. The van der Waals surface area contributed by atoms with Crippen molar-refractivity contribution in [2.75, 3.05) is 32.9 Å². The fourth-order valence-electron chi connectivity index (χ4n) is 2.80. The maximum Gasteiger partial charge on any atom is 0.330 e. The minimum Gasteiger partial charge on any atom is -0.394 e. The van der Waals surface area contributed by atoms with E-state index in [1.165, 1.54) is 6.20 Å². The fraction of sp³-hybridized carbons (Fsp3) is 0.750. The molecule has 2 heterocycles. The van der Waals surface area contributed by atoms with E-state index in [1.54, 1.807) is 12.0 Å². The fourth-order valence-corrected chi connectivity index (χ4v) is 2.80. The highest BCUT2D eigenvalue weighted by atomic mass is 16.7. The number of aromatic nitrogens is 2. The van der Waals surface area contributed by atoms with Gasteiger partial charge in [-0.25, -0.2) is 4.79 Å². The van der Waals surface area contributed by atoms with Crippen molar-refractivity contribution in [3.63, 3.8) is 0 Å². The van der Waals surface area contributed by atoms with Gasteiger partial charge in [0.1, 0.15) is 18.3 Å². The Hall–Kier alpha value is -1.56. The Morgan fingerprint density at radius 2 is 2.00 bits per heavy atom. The Balaban J connectivity index is 2.12. The Morgan fingerprint density at radius 3 is 2.62 bits per heavy atom. The van der Waals surface area contributed by atoms with E-state index in [0.717, 1.165) is 17.7 Å². The Labute approximate surface area is 150 Å². The molecule has 0 aromatic carbocycles. The number of aliphatic hydroxyl groups is 2. The Morgan fingerprint density at radius 1 is 1.31 bits per heavy atom. The molecule has 0 saturated carbocycles. The first-order valence-electron chi connectivity index (χ1n) is 8.68. The largest absolute Gasteiger partial charge is 0.394 e. The van der Waals surface area contributed by atoms with Crippen LogP contribution < -0.4 is 11.2 Å². The molecule has 148 valence electrons. The molecule has 0 spiro atoms. The summed E-state index contributed by atoms with van der Waals surface area (Å²) in [5.41, 5.74) is -0.850. The summed E-state index contributed by atoms with van der Waals surface area (Å²) in [7, 11) is 0. The van der Waals surface area contributed by atoms with Crippen LogP contribution >= 0.6 is 0 Å². The number of H-pyrrole nitrogens is 1. The van der Waals surface area contributed by atoms with Gasteiger partial charge in [0, 0.05) is 24.8 Å². The maximum absolute atomic E-state index is 12.1. The molecule has 1 saturated heterocycles. The third-order valence-electron chi connectivity index (χ3n) is 4.29. The third kappa shape index (κ3) is 4.58. The zero-order valence-corrected chi connectivity index (χ0v) is 15.3. The molecular formula is C16H27N3O7. The van der Waals surface area contributed by atoms with Crippen LogP contribution in [0, 0.1) is 6.92 Å². The molecular weight excluding hydrogens is 346 g/mol. The van der Waals surface area contributed by atoms with Crippen LogP contribution in [0.5, 0.6) is 0 Å². The van der Waals surface area contributed by atoms with E-state index < -0.39 is 42.4 Å². The molecule has 0 amide bonds. The summed E-state index contributed by atoms with van der Waals surface area (Å²) < 4.78 is 12.4. The van der Waals surface area contributed by atoms with Crippen LogP contribution in [-0.4, -0.2) is 76.0 Å². The van der Waals surface area contributed by atoms with Gasteiger partial charge in [-0.3, -0.25) is 19.2 Å². The minimum atomic E-state index is -1.13. The van der Waals surface area contributed by atoms with Crippen LogP contribution in [0.2, 0.25) is 0 Å². The van der Waals surface area contributed by atoms with Gasteiger partial charge in [-0.05, 0) is 6.92 Å². The minimum absolute atomic E-state index is 0.160. The first-order chi connectivity index (χ1) is 12.4. The summed E-state index contributed by atoms with van der Waals surface area (Å²) in [5.74, 6) is 0. The SMILES string of the molecule is CCN(CC)OCCO[C@H]1C(n2cc(C)c(=O)[nH]c2=O)O[C@H](CO)[C@H]1O. The number of ether oxygens (including phenoxy) is 2. The molecule has 10 heteroatoms. The van der Waals surface area contributed by atoms with E-state index in [2.05, 4.69) is 4.98 Å². The van der Waals surface area contributed by atoms with Gasteiger partial charge in [0.2, 0.25) is 0 Å². The maximum atomic E-state index is 12.1. The van der Waals surface area contributed by atoms with Gasteiger partial charge in [0.05, 0.1) is 19.8 Å². The van der Waals surface area contributed by atoms with Crippen LogP contribution in [-0.2, 0) is 14.3 Å². The van der Waals surface area contributed by atoms with Gasteiger partial charge in [-0.1, -0.05) is 13.8 Å². The third-order valence-corrected chi connectivity index (χ3v) is 4.29. The van der Waals surface area contributed by atoms with E-state index in [0.29, 0.717) is 5.56 Å². The lowest BCUT2D eigenvalue weighted by molar-refractivity contribution is -0.174. The van der Waals surface area contributed by atoms with E-state index in [4.69, 9.17) is 14.3 Å². The van der Waals surface area contributed by atoms with Crippen molar-refractivity contribution in [3.8, 4) is 0 Å². The number of nitrogens with zero attached hydrogens (tertiary/aromatic N) is 2. The molecule has 4 atom stereocenters. The topological polar surface area (TPSA) is 126 Å². The summed E-state index contributed by atoms with van der Waals surface area (Å²) in [6.07, 6.45) is -2.54. The zero-order valence-electron chi connectivity index (χ0n) is 15.3. The van der Waals surface area contributed by atoms with E-state index in [-0.39, 0.29) is 13.2 Å². The first-order valence-corrected chi connectivity index (χ1v) is 8.68. The molecule has 26 heavy (non-hydrogen) atoms. The van der Waals surface area contributed by atoms with Crippen molar-refractivity contribution < 1.29 is 24.5 Å². The van der Waals surface area contributed by atoms with Crippen molar-refractivity contribution in [2.45, 2.75) is 45.3 Å². The lowest BCUT2D eigenvalue weighted by atomic mass is 10.1. The van der Waals surface area contributed by atoms with E-state index in [9.17, 15) is 19.8 Å². The second kappa shape index (κ2) is 9.40. The van der Waals surface area contributed by atoms with E-state index in [1.807, 2.05) is 13.8 Å². The molecule has 2 rings (SSSR count).